The number of rotatable bonds is 4. The Kier molecular flexibility index (Phi) is 4.26. The summed E-state index contributed by atoms with van der Waals surface area (Å²) in [5.74, 6) is -0.752. The van der Waals surface area contributed by atoms with Crippen molar-refractivity contribution in [1.29, 1.82) is 0 Å². The van der Waals surface area contributed by atoms with Crippen LogP contribution in [0.1, 0.15) is 17.4 Å². The molecule has 0 aliphatic heterocycles. The van der Waals surface area contributed by atoms with E-state index in [4.69, 9.17) is 0 Å². The number of aromatic amines is 1. The molecule has 1 heterocycles. The van der Waals surface area contributed by atoms with E-state index in [-0.39, 0.29) is 23.7 Å². The SMILES string of the molecule is CCNC(=O)CNC(=O)c1cccc(=O)[nH]1. The average molecular weight is 223 g/mol. The summed E-state index contributed by atoms with van der Waals surface area (Å²) >= 11 is 0. The number of amides is 2. The highest BCUT2D eigenvalue weighted by molar-refractivity contribution is 5.94. The van der Waals surface area contributed by atoms with Crippen LogP contribution in [0, 0.1) is 0 Å². The van der Waals surface area contributed by atoms with Gasteiger partial charge in [-0.1, -0.05) is 6.07 Å². The number of likely N-dealkylation sites (N-methyl/N-ethyl adjacent to an activating group) is 1. The Balaban J connectivity index is 2.53. The van der Waals surface area contributed by atoms with Crippen LogP contribution in [-0.2, 0) is 4.79 Å². The van der Waals surface area contributed by atoms with Crippen molar-refractivity contribution in [2.24, 2.45) is 0 Å². The van der Waals surface area contributed by atoms with Gasteiger partial charge in [0.25, 0.3) is 5.91 Å². The number of H-pyrrole nitrogens is 1. The second kappa shape index (κ2) is 5.69. The summed E-state index contributed by atoms with van der Waals surface area (Å²) in [4.78, 5) is 35.8. The number of hydrogen-bond donors (Lipinski definition) is 3. The van der Waals surface area contributed by atoms with Crippen molar-refractivity contribution >= 4 is 11.8 Å². The molecule has 1 rings (SSSR count). The van der Waals surface area contributed by atoms with Crippen LogP contribution in [0.15, 0.2) is 23.0 Å². The van der Waals surface area contributed by atoms with Crippen LogP contribution in [0.2, 0.25) is 0 Å². The van der Waals surface area contributed by atoms with E-state index in [1.807, 2.05) is 0 Å². The van der Waals surface area contributed by atoms with Gasteiger partial charge in [0.1, 0.15) is 5.69 Å². The molecule has 16 heavy (non-hydrogen) atoms. The normalized spacial score (nSPS) is 9.56. The van der Waals surface area contributed by atoms with E-state index in [1.54, 1.807) is 6.92 Å². The largest absolute Gasteiger partial charge is 0.355 e. The minimum atomic E-state index is -0.482. The van der Waals surface area contributed by atoms with E-state index in [0.29, 0.717) is 6.54 Å². The summed E-state index contributed by atoms with van der Waals surface area (Å²) in [5.41, 5.74) is -0.220. The molecule has 0 radical (unpaired) electrons. The van der Waals surface area contributed by atoms with Crippen molar-refractivity contribution in [3.63, 3.8) is 0 Å². The van der Waals surface area contributed by atoms with Gasteiger partial charge in [-0.3, -0.25) is 14.4 Å². The zero-order valence-corrected chi connectivity index (χ0v) is 8.87. The van der Waals surface area contributed by atoms with Crippen molar-refractivity contribution in [3.05, 3.63) is 34.2 Å². The third kappa shape index (κ3) is 3.56. The van der Waals surface area contributed by atoms with Crippen LogP contribution in [0.5, 0.6) is 0 Å². The second-order valence-corrected chi connectivity index (χ2v) is 3.06. The van der Waals surface area contributed by atoms with Gasteiger partial charge in [0.2, 0.25) is 11.5 Å². The molecule has 6 heteroatoms. The van der Waals surface area contributed by atoms with Crippen molar-refractivity contribution < 1.29 is 9.59 Å². The van der Waals surface area contributed by atoms with Crippen molar-refractivity contribution in [2.75, 3.05) is 13.1 Å². The van der Waals surface area contributed by atoms with Gasteiger partial charge in [-0.15, -0.1) is 0 Å². The number of carbonyl (C=O) groups is 2. The highest BCUT2D eigenvalue weighted by Crippen LogP contribution is 1.88. The van der Waals surface area contributed by atoms with Crippen LogP contribution in [0.3, 0.4) is 0 Å². The molecule has 2 amide bonds. The lowest BCUT2D eigenvalue weighted by Crippen LogP contribution is -2.37. The molecular weight excluding hydrogens is 210 g/mol. The minimum Gasteiger partial charge on any atom is -0.355 e. The number of aromatic nitrogens is 1. The number of pyridine rings is 1. The molecular formula is C10H13N3O3. The summed E-state index contributed by atoms with van der Waals surface area (Å²) in [6.07, 6.45) is 0. The van der Waals surface area contributed by atoms with Gasteiger partial charge in [0.15, 0.2) is 0 Å². The van der Waals surface area contributed by atoms with Gasteiger partial charge in [-0.2, -0.15) is 0 Å². The van der Waals surface area contributed by atoms with Gasteiger partial charge in [0.05, 0.1) is 6.54 Å². The molecule has 0 fully saturated rings. The average Bonchev–Trinajstić information content (AvgIpc) is 2.26. The van der Waals surface area contributed by atoms with E-state index in [2.05, 4.69) is 15.6 Å². The lowest BCUT2D eigenvalue weighted by atomic mass is 10.3. The molecule has 6 nitrogen and oxygen atoms in total. The summed E-state index contributed by atoms with van der Waals surface area (Å²) in [6.45, 7) is 2.19. The lowest BCUT2D eigenvalue weighted by Gasteiger charge is -2.04. The van der Waals surface area contributed by atoms with Crippen molar-refractivity contribution in [3.8, 4) is 0 Å². The number of carbonyl (C=O) groups excluding carboxylic acids is 2. The van der Waals surface area contributed by atoms with Gasteiger partial charge in [0, 0.05) is 12.6 Å². The topological polar surface area (TPSA) is 91.1 Å². The Morgan fingerprint density at radius 1 is 1.31 bits per heavy atom. The van der Waals surface area contributed by atoms with E-state index in [1.165, 1.54) is 18.2 Å². The fourth-order valence-electron chi connectivity index (χ4n) is 1.10. The monoisotopic (exact) mass is 223 g/mol. The van der Waals surface area contributed by atoms with E-state index in [9.17, 15) is 14.4 Å². The molecule has 1 aromatic heterocycles. The van der Waals surface area contributed by atoms with Crippen LogP contribution in [0.25, 0.3) is 0 Å². The summed E-state index contributed by atoms with van der Waals surface area (Å²) in [5, 5.41) is 4.93. The predicted molar refractivity (Wildman–Crippen MR) is 58.1 cm³/mol. The molecule has 0 saturated heterocycles. The molecule has 3 N–H and O–H groups in total. The first kappa shape index (κ1) is 12.0. The quantitative estimate of drug-likeness (QED) is 0.626. The van der Waals surface area contributed by atoms with E-state index < -0.39 is 5.91 Å². The Labute approximate surface area is 92.1 Å². The highest BCUT2D eigenvalue weighted by Gasteiger charge is 2.07. The number of hydrogen-bond acceptors (Lipinski definition) is 3. The zero-order valence-electron chi connectivity index (χ0n) is 8.87. The first-order valence-electron chi connectivity index (χ1n) is 4.87. The molecule has 0 spiro atoms. The van der Waals surface area contributed by atoms with E-state index >= 15 is 0 Å². The molecule has 86 valence electrons. The zero-order chi connectivity index (χ0) is 12.0. The third-order valence-electron chi connectivity index (χ3n) is 1.80. The maximum Gasteiger partial charge on any atom is 0.268 e. The molecule has 0 saturated carbocycles. The van der Waals surface area contributed by atoms with Crippen LogP contribution < -0.4 is 16.2 Å². The van der Waals surface area contributed by atoms with Crippen LogP contribution in [-0.4, -0.2) is 29.9 Å². The Morgan fingerprint density at radius 2 is 2.06 bits per heavy atom. The molecule has 0 bridgehead atoms. The van der Waals surface area contributed by atoms with Crippen LogP contribution >= 0.6 is 0 Å². The molecule has 0 aliphatic carbocycles. The van der Waals surface area contributed by atoms with Crippen molar-refractivity contribution in [2.45, 2.75) is 6.92 Å². The second-order valence-electron chi connectivity index (χ2n) is 3.06. The van der Waals surface area contributed by atoms with E-state index in [0.717, 1.165) is 0 Å². The molecule has 0 aromatic carbocycles. The van der Waals surface area contributed by atoms with Crippen LogP contribution in [0.4, 0.5) is 0 Å². The Bertz CT molecular complexity index is 439. The molecule has 0 aliphatic rings. The highest BCUT2D eigenvalue weighted by atomic mass is 16.2. The first-order valence-corrected chi connectivity index (χ1v) is 4.87. The maximum absolute atomic E-state index is 11.4. The van der Waals surface area contributed by atoms with Crippen molar-refractivity contribution in [1.82, 2.24) is 15.6 Å². The van der Waals surface area contributed by atoms with Gasteiger partial charge < -0.3 is 15.6 Å². The summed E-state index contributed by atoms with van der Waals surface area (Å²) < 4.78 is 0. The van der Waals surface area contributed by atoms with Gasteiger partial charge >= 0.3 is 0 Å². The molecule has 0 atom stereocenters. The van der Waals surface area contributed by atoms with Gasteiger partial charge in [-0.05, 0) is 13.0 Å². The Hall–Kier alpha value is -2.11. The summed E-state index contributed by atoms with van der Waals surface area (Å²) in [6, 6.07) is 4.24. The Morgan fingerprint density at radius 3 is 2.69 bits per heavy atom. The fraction of sp³-hybridized carbons (Fsp3) is 0.300. The predicted octanol–water partition coefficient (Wildman–Crippen LogP) is -0.759. The first-order chi connectivity index (χ1) is 7.63. The smallest absolute Gasteiger partial charge is 0.268 e. The standard InChI is InChI=1S/C10H13N3O3/c1-2-11-9(15)6-12-10(16)7-4-3-5-8(14)13-7/h3-5H,2,6H2,1H3,(H,11,15)(H,12,16)(H,13,14). The fourth-order valence-corrected chi connectivity index (χ4v) is 1.10. The maximum atomic E-state index is 11.4. The number of nitrogens with one attached hydrogen (secondary N) is 3. The lowest BCUT2D eigenvalue weighted by molar-refractivity contribution is -0.120. The third-order valence-corrected chi connectivity index (χ3v) is 1.80. The van der Waals surface area contributed by atoms with Gasteiger partial charge in [-0.25, -0.2) is 0 Å². The molecule has 0 unspecified atom stereocenters. The molecule has 1 aromatic rings. The summed E-state index contributed by atoms with van der Waals surface area (Å²) in [7, 11) is 0. The minimum absolute atomic E-state index is 0.108.